The van der Waals surface area contributed by atoms with E-state index in [4.69, 9.17) is 14.2 Å². The number of carbonyl (C=O) groups excluding carboxylic acids is 2. The molecule has 2 heterocycles. The predicted molar refractivity (Wildman–Crippen MR) is 128 cm³/mol. The number of esters is 1. The molecule has 1 N–H and O–H groups in total. The highest BCUT2D eigenvalue weighted by atomic mass is 16.5. The zero-order valence-corrected chi connectivity index (χ0v) is 19.8. The number of methoxy groups -OCH3 is 3. The molecule has 2 aromatic carbocycles. The van der Waals surface area contributed by atoms with E-state index in [0.717, 1.165) is 36.8 Å². The van der Waals surface area contributed by atoms with Crippen LogP contribution in [0, 0.1) is 0 Å². The molecule has 2 atom stereocenters. The number of hydrogen-bond donors (Lipinski definition) is 1. The fraction of sp³-hybridized carbons (Fsp3) is 0.407. The van der Waals surface area contributed by atoms with Gasteiger partial charge in [0.25, 0.3) is 0 Å². The zero-order valence-electron chi connectivity index (χ0n) is 19.8. The lowest BCUT2D eigenvalue weighted by atomic mass is 9.88. The Balaban J connectivity index is 1.43. The molecule has 0 radical (unpaired) electrons. The summed E-state index contributed by atoms with van der Waals surface area (Å²) in [6.45, 7) is 0. The van der Waals surface area contributed by atoms with Crippen LogP contribution >= 0.6 is 0 Å². The topological polar surface area (TPSA) is 77.1 Å². The summed E-state index contributed by atoms with van der Waals surface area (Å²) in [7, 11) is 4.58. The Labute approximate surface area is 199 Å². The molecule has 3 aliphatic rings. The van der Waals surface area contributed by atoms with Crippen molar-refractivity contribution in [2.24, 2.45) is 0 Å². The number of rotatable bonds is 5. The second kappa shape index (κ2) is 9.05. The van der Waals surface area contributed by atoms with Gasteiger partial charge in [0, 0.05) is 12.1 Å². The predicted octanol–water partition coefficient (Wildman–Crippen LogP) is 3.74. The minimum absolute atomic E-state index is 0.0327. The van der Waals surface area contributed by atoms with Crippen molar-refractivity contribution in [2.45, 2.75) is 50.2 Å². The van der Waals surface area contributed by atoms with E-state index in [9.17, 15) is 9.59 Å². The summed E-state index contributed by atoms with van der Waals surface area (Å²) in [5.41, 5.74) is 4.95. The second-order valence-corrected chi connectivity index (χ2v) is 9.14. The van der Waals surface area contributed by atoms with Gasteiger partial charge in [0.05, 0.1) is 32.9 Å². The minimum atomic E-state index is -0.388. The van der Waals surface area contributed by atoms with E-state index in [-0.39, 0.29) is 30.1 Å². The number of ether oxygens (including phenoxy) is 3. The third kappa shape index (κ3) is 3.79. The third-order valence-electron chi connectivity index (χ3n) is 7.35. The molecule has 2 aromatic rings. The van der Waals surface area contributed by atoms with Crippen LogP contribution in [0.1, 0.15) is 36.0 Å². The molecule has 178 valence electrons. The van der Waals surface area contributed by atoms with Gasteiger partial charge < -0.3 is 24.4 Å². The Morgan fingerprint density at radius 1 is 0.912 bits per heavy atom. The van der Waals surface area contributed by atoms with Crippen molar-refractivity contribution in [3.63, 3.8) is 0 Å². The van der Waals surface area contributed by atoms with Crippen LogP contribution in [0.4, 0.5) is 4.79 Å². The molecular formula is C27H30N2O5. The van der Waals surface area contributed by atoms with Crippen LogP contribution in [0.25, 0.3) is 5.57 Å². The van der Waals surface area contributed by atoms with Gasteiger partial charge in [-0.1, -0.05) is 30.3 Å². The molecule has 5 rings (SSSR count). The molecule has 1 aliphatic carbocycles. The van der Waals surface area contributed by atoms with Crippen molar-refractivity contribution in [1.29, 1.82) is 0 Å². The van der Waals surface area contributed by atoms with Crippen LogP contribution in [0.5, 0.6) is 11.5 Å². The van der Waals surface area contributed by atoms with E-state index in [1.165, 1.54) is 18.2 Å². The summed E-state index contributed by atoms with van der Waals surface area (Å²) in [6, 6.07) is 13.7. The van der Waals surface area contributed by atoms with Gasteiger partial charge in [0.1, 0.15) is 0 Å². The monoisotopic (exact) mass is 462 g/mol. The molecule has 34 heavy (non-hydrogen) atoms. The molecule has 1 fully saturated rings. The van der Waals surface area contributed by atoms with Crippen molar-refractivity contribution >= 4 is 17.6 Å². The maximum Gasteiger partial charge on any atom is 0.336 e. The molecule has 2 aliphatic heterocycles. The molecule has 0 spiro atoms. The maximum atomic E-state index is 13.5. The van der Waals surface area contributed by atoms with E-state index in [1.54, 1.807) is 14.2 Å². The van der Waals surface area contributed by atoms with Crippen LogP contribution in [-0.4, -0.2) is 56.4 Å². The Kier molecular flexibility index (Phi) is 5.94. The Morgan fingerprint density at radius 3 is 2.26 bits per heavy atom. The molecule has 0 saturated carbocycles. The first-order valence-electron chi connectivity index (χ1n) is 11.7. The Bertz CT molecular complexity index is 1130. The van der Waals surface area contributed by atoms with Crippen LogP contribution in [0.2, 0.25) is 0 Å². The van der Waals surface area contributed by atoms with Crippen molar-refractivity contribution < 1.29 is 23.8 Å². The largest absolute Gasteiger partial charge is 0.493 e. The summed E-state index contributed by atoms with van der Waals surface area (Å²) in [4.78, 5) is 28.3. The quantitative estimate of drug-likeness (QED) is 0.685. The van der Waals surface area contributed by atoms with E-state index in [1.807, 2.05) is 35.2 Å². The molecule has 1 saturated heterocycles. The van der Waals surface area contributed by atoms with Gasteiger partial charge in [-0.25, -0.2) is 9.59 Å². The van der Waals surface area contributed by atoms with Gasteiger partial charge in [0.15, 0.2) is 11.5 Å². The first-order valence-corrected chi connectivity index (χ1v) is 11.7. The summed E-state index contributed by atoms with van der Waals surface area (Å²) < 4.78 is 16.0. The lowest BCUT2D eigenvalue weighted by molar-refractivity contribution is -0.136. The third-order valence-corrected chi connectivity index (χ3v) is 7.35. The Hall–Kier alpha value is -3.48. The molecule has 2 bridgehead atoms. The zero-order chi connectivity index (χ0) is 23.8. The van der Waals surface area contributed by atoms with Crippen LogP contribution in [0.3, 0.4) is 0 Å². The molecular weight excluding hydrogens is 432 g/mol. The van der Waals surface area contributed by atoms with Crippen LogP contribution < -0.4 is 14.8 Å². The number of urea groups is 1. The number of fused-ring (bicyclic) bond motifs is 3. The number of hydrogen-bond acceptors (Lipinski definition) is 5. The molecule has 0 aromatic heterocycles. The molecule has 2 amide bonds. The normalized spacial score (nSPS) is 21.3. The van der Waals surface area contributed by atoms with E-state index < -0.39 is 0 Å². The number of nitrogens with zero attached hydrogens (tertiary/aromatic N) is 1. The second-order valence-electron chi connectivity index (χ2n) is 9.14. The summed E-state index contributed by atoms with van der Waals surface area (Å²) >= 11 is 0. The average Bonchev–Trinajstić information content (AvgIpc) is 3.41. The maximum absolute atomic E-state index is 13.5. The van der Waals surface area contributed by atoms with Gasteiger partial charge >= 0.3 is 12.0 Å². The fourth-order valence-electron chi connectivity index (χ4n) is 5.80. The molecule has 0 unspecified atom stereocenters. The highest BCUT2D eigenvalue weighted by Crippen LogP contribution is 2.45. The van der Waals surface area contributed by atoms with Gasteiger partial charge in [-0.15, -0.1) is 0 Å². The smallest absolute Gasteiger partial charge is 0.336 e. The van der Waals surface area contributed by atoms with E-state index >= 15 is 0 Å². The van der Waals surface area contributed by atoms with Gasteiger partial charge in [-0.05, 0) is 66.5 Å². The van der Waals surface area contributed by atoms with Gasteiger partial charge in [-0.2, -0.15) is 0 Å². The first kappa shape index (κ1) is 22.3. The standard InChI is InChI=1S/C27H30N2O5/c1-32-23-11-8-18(14-24(23)33-2)21-15-20-9-10-22(25(21)26(30)34-3)29(20)27(31)28-19-12-16-6-4-5-7-17(16)13-19/h4-8,11,14,19-20,22H,9-10,12-13,15H2,1-3H3,(H,28,31)/t20-,22+/m0/s1. The molecule has 7 nitrogen and oxygen atoms in total. The highest BCUT2D eigenvalue weighted by Gasteiger charge is 2.47. The van der Waals surface area contributed by atoms with Crippen molar-refractivity contribution in [2.75, 3.05) is 21.3 Å². The Morgan fingerprint density at radius 2 is 1.62 bits per heavy atom. The lowest BCUT2D eigenvalue weighted by Gasteiger charge is -2.37. The van der Waals surface area contributed by atoms with Gasteiger partial charge in [0.2, 0.25) is 0 Å². The fourth-order valence-corrected chi connectivity index (χ4v) is 5.80. The average molecular weight is 463 g/mol. The van der Waals surface area contributed by atoms with Crippen LogP contribution in [-0.2, 0) is 22.4 Å². The number of amides is 2. The summed E-state index contributed by atoms with van der Waals surface area (Å²) in [6.07, 6.45) is 3.85. The molecule has 7 heteroatoms. The first-order chi connectivity index (χ1) is 16.5. The summed E-state index contributed by atoms with van der Waals surface area (Å²) in [5, 5.41) is 3.24. The minimum Gasteiger partial charge on any atom is -0.493 e. The van der Waals surface area contributed by atoms with E-state index in [0.29, 0.717) is 23.5 Å². The number of benzene rings is 2. The highest BCUT2D eigenvalue weighted by molar-refractivity contribution is 6.01. The number of carbonyl (C=O) groups is 2. The lowest BCUT2D eigenvalue weighted by Crippen LogP contribution is -2.53. The number of nitrogens with one attached hydrogen (secondary N) is 1. The van der Waals surface area contributed by atoms with Crippen molar-refractivity contribution in [1.82, 2.24) is 10.2 Å². The van der Waals surface area contributed by atoms with Crippen molar-refractivity contribution in [3.05, 3.63) is 64.7 Å². The van der Waals surface area contributed by atoms with E-state index in [2.05, 4.69) is 17.4 Å². The van der Waals surface area contributed by atoms with Crippen LogP contribution in [0.15, 0.2) is 48.0 Å². The van der Waals surface area contributed by atoms with Crippen molar-refractivity contribution in [3.8, 4) is 11.5 Å². The SMILES string of the molecule is COC(=O)C1=C(c2ccc(OC)c(OC)c2)C[C@@H]2CC[C@H]1N2C(=O)NC1Cc2ccccc2C1. The summed E-state index contributed by atoms with van der Waals surface area (Å²) in [5.74, 6) is 0.843. The van der Waals surface area contributed by atoms with Gasteiger partial charge in [-0.3, -0.25) is 0 Å².